The average Bonchev–Trinajstić information content (AvgIpc) is 2.02. The van der Waals surface area contributed by atoms with Crippen LogP contribution in [0.2, 0.25) is 6.04 Å². The average molecular weight is 223 g/mol. The Hall–Kier alpha value is 0.277. The van der Waals surface area contributed by atoms with Crippen LogP contribution in [0.15, 0.2) is 24.8 Å². The summed E-state index contributed by atoms with van der Waals surface area (Å²) >= 11 is 11.4. The second kappa shape index (κ2) is 9.37. The lowest BCUT2D eigenvalue weighted by atomic mass is 10.2. The molecule has 0 aliphatic carbocycles. The van der Waals surface area contributed by atoms with E-state index < -0.39 is 7.42 Å². The third-order valence-electron chi connectivity index (χ3n) is 1.51. The molecule has 0 radical (unpaired) electrons. The van der Waals surface area contributed by atoms with E-state index >= 15 is 0 Å². The fraction of sp³-hybridized carbons (Fsp3) is 0.556. The van der Waals surface area contributed by atoms with Gasteiger partial charge in [-0.2, -0.15) is 22.2 Å². The van der Waals surface area contributed by atoms with Crippen molar-refractivity contribution in [3.05, 3.63) is 24.8 Å². The minimum atomic E-state index is -1.39. The highest BCUT2D eigenvalue weighted by Gasteiger charge is 1.95. The van der Waals surface area contributed by atoms with Crippen LogP contribution in [0.3, 0.4) is 0 Å². The molecule has 0 aromatic heterocycles. The number of unbranched alkanes of at least 4 members (excludes halogenated alkanes) is 3. The maximum Gasteiger partial charge on any atom is 0.240 e. The Balaban J connectivity index is 3.07. The van der Waals surface area contributed by atoms with Crippen molar-refractivity contribution in [1.82, 2.24) is 0 Å². The van der Waals surface area contributed by atoms with Crippen molar-refractivity contribution in [3.63, 3.8) is 0 Å². The van der Waals surface area contributed by atoms with Crippen LogP contribution in [0, 0.1) is 0 Å². The van der Waals surface area contributed by atoms with Gasteiger partial charge in [0.25, 0.3) is 0 Å². The largest absolute Gasteiger partial charge is 0.240 e. The molecular formula is C9H16Cl2Si. The van der Waals surface area contributed by atoms with Gasteiger partial charge in [0, 0.05) is 0 Å². The highest BCUT2D eigenvalue weighted by atomic mass is 35.7. The first-order valence-corrected chi connectivity index (χ1v) is 8.62. The van der Waals surface area contributed by atoms with E-state index in [0.717, 1.165) is 18.9 Å². The SMILES string of the molecule is C=CCCCCC=CC[SiH](Cl)Cl. The molecule has 0 N–H and O–H groups in total. The second-order valence-electron chi connectivity index (χ2n) is 2.67. The first-order valence-electron chi connectivity index (χ1n) is 4.31. The molecule has 0 rings (SSSR count). The first kappa shape index (κ1) is 12.3. The molecular weight excluding hydrogens is 207 g/mol. The topological polar surface area (TPSA) is 0 Å². The maximum atomic E-state index is 5.68. The number of hydrogen-bond acceptors (Lipinski definition) is 0. The molecule has 0 amide bonds. The van der Waals surface area contributed by atoms with Crippen LogP contribution in [-0.4, -0.2) is 7.42 Å². The Morgan fingerprint density at radius 1 is 1.08 bits per heavy atom. The third kappa shape index (κ3) is 10.3. The molecule has 0 atom stereocenters. The van der Waals surface area contributed by atoms with Crippen LogP contribution in [0.4, 0.5) is 0 Å². The standard InChI is InChI=1S/C9H16Cl2Si/c1-2-3-4-5-6-7-8-9-12(10)11/h2,7-8,12H,1,3-6,9H2. The Morgan fingerprint density at radius 2 is 1.75 bits per heavy atom. The highest BCUT2D eigenvalue weighted by Crippen LogP contribution is 2.06. The Kier molecular flexibility index (Phi) is 9.58. The Morgan fingerprint density at radius 3 is 2.33 bits per heavy atom. The smallest absolute Gasteiger partial charge is 0.150 e. The summed E-state index contributed by atoms with van der Waals surface area (Å²) in [7, 11) is -1.39. The quantitative estimate of drug-likeness (QED) is 0.265. The van der Waals surface area contributed by atoms with Gasteiger partial charge in [0.1, 0.15) is 0 Å². The lowest BCUT2D eigenvalue weighted by molar-refractivity contribution is 0.762. The molecule has 0 spiro atoms. The van der Waals surface area contributed by atoms with E-state index in [1.54, 1.807) is 0 Å². The maximum absolute atomic E-state index is 5.68. The summed E-state index contributed by atoms with van der Waals surface area (Å²) in [5.41, 5.74) is 0. The van der Waals surface area contributed by atoms with Crippen molar-refractivity contribution in [2.45, 2.75) is 31.7 Å². The van der Waals surface area contributed by atoms with Crippen LogP contribution in [0.5, 0.6) is 0 Å². The molecule has 0 aromatic rings. The monoisotopic (exact) mass is 222 g/mol. The van der Waals surface area contributed by atoms with Gasteiger partial charge >= 0.3 is 0 Å². The molecule has 0 bridgehead atoms. The zero-order chi connectivity index (χ0) is 9.23. The molecule has 0 unspecified atom stereocenters. The molecule has 0 aliphatic heterocycles. The number of allylic oxidation sites excluding steroid dienone is 3. The summed E-state index contributed by atoms with van der Waals surface area (Å²) < 4.78 is 0. The Bertz CT molecular complexity index is 132. The zero-order valence-electron chi connectivity index (χ0n) is 7.31. The summed E-state index contributed by atoms with van der Waals surface area (Å²) in [5.74, 6) is 0. The molecule has 70 valence electrons. The number of halogens is 2. The molecule has 12 heavy (non-hydrogen) atoms. The van der Waals surface area contributed by atoms with E-state index in [1.807, 2.05) is 6.08 Å². The van der Waals surface area contributed by atoms with Gasteiger partial charge in [-0.3, -0.25) is 0 Å². The van der Waals surface area contributed by atoms with Crippen molar-refractivity contribution < 1.29 is 0 Å². The van der Waals surface area contributed by atoms with E-state index in [1.165, 1.54) is 12.8 Å². The van der Waals surface area contributed by atoms with Crippen molar-refractivity contribution in [3.8, 4) is 0 Å². The van der Waals surface area contributed by atoms with Gasteiger partial charge in [0.15, 0.2) is 0 Å². The first-order chi connectivity index (χ1) is 5.77. The molecule has 3 heteroatoms. The molecule has 0 heterocycles. The molecule has 0 aliphatic rings. The molecule has 0 saturated heterocycles. The van der Waals surface area contributed by atoms with Gasteiger partial charge < -0.3 is 0 Å². The van der Waals surface area contributed by atoms with E-state index in [4.69, 9.17) is 22.2 Å². The van der Waals surface area contributed by atoms with Crippen LogP contribution >= 0.6 is 22.2 Å². The van der Waals surface area contributed by atoms with Crippen molar-refractivity contribution >= 4 is 29.6 Å². The van der Waals surface area contributed by atoms with Crippen LogP contribution in [0.25, 0.3) is 0 Å². The van der Waals surface area contributed by atoms with Gasteiger partial charge in [-0.15, -0.1) is 6.58 Å². The number of hydrogen-bond donors (Lipinski definition) is 0. The minimum absolute atomic E-state index is 0.893. The van der Waals surface area contributed by atoms with Crippen molar-refractivity contribution in [2.75, 3.05) is 0 Å². The molecule has 0 saturated carbocycles. The van der Waals surface area contributed by atoms with Gasteiger partial charge in [-0.05, 0) is 31.7 Å². The van der Waals surface area contributed by atoms with Gasteiger partial charge in [-0.1, -0.05) is 18.2 Å². The fourth-order valence-corrected chi connectivity index (χ4v) is 1.88. The van der Waals surface area contributed by atoms with E-state index in [9.17, 15) is 0 Å². The number of rotatable bonds is 7. The lowest BCUT2D eigenvalue weighted by Crippen LogP contribution is -1.86. The van der Waals surface area contributed by atoms with Crippen molar-refractivity contribution in [1.29, 1.82) is 0 Å². The zero-order valence-corrected chi connectivity index (χ0v) is 9.97. The summed E-state index contributed by atoms with van der Waals surface area (Å²) in [6, 6.07) is 0.893. The molecule has 0 fully saturated rings. The summed E-state index contributed by atoms with van der Waals surface area (Å²) in [4.78, 5) is 0. The van der Waals surface area contributed by atoms with Crippen LogP contribution < -0.4 is 0 Å². The van der Waals surface area contributed by atoms with Gasteiger partial charge in [0.05, 0.1) is 0 Å². The second-order valence-corrected chi connectivity index (χ2v) is 7.76. The fourth-order valence-electron chi connectivity index (χ4n) is 0.868. The van der Waals surface area contributed by atoms with E-state index in [2.05, 4.69) is 18.7 Å². The van der Waals surface area contributed by atoms with Gasteiger partial charge in [0.2, 0.25) is 7.42 Å². The predicted molar refractivity (Wildman–Crippen MR) is 61.5 cm³/mol. The summed E-state index contributed by atoms with van der Waals surface area (Å²) in [5, 5.41) is 0. The third-order valence-corrected chi connectivity index (χ3v) is 3.21. The van der Waals surface area contributed by atoms with Gasteiger partial charge in [-0.25, -0.2) is 0 Å². The van der Waals surface area contributed by atoms with Crippen molar-refractivity contribution in [2.24, 2.45) is 0 Å². The van der Waals surface area contributed by atoms with Crippen LogP contribution in [-0.2, 0) is 0 Å². The summed E-state index contributed by atoms with van der Waals surface area (Å²) in [6.07, 6.45) is 11.0. The minimum Gasteiger partial charge on any atom is -0.150 e. The van der Waals surface area contributed by atoms with Crippen LogP contribution in [0.1, 0.15) is 25.7 Å². The van der Waals surface area contributed by atoms with E-state index in [0.29, 0.717) is 0 Å². The normalized spacial score (nSPS) is 11.2. The Labute approximate surface area is 86.3 Å². The lowest BCUT2D eigenvalue weighted by Gasteiger charge is -1.92. The molecule has 0 aromatic carbocycles. The highest BCUT2D eigenvalue weighted by molar-refractivity contribution is 7.33. The predicted octanol–water partition coefficient (Wildman–Crippen LogP) is 3.99. The molecule has 0 nitrogen and oxygen atoms in total. The summed E-state index contributed by atoms with van der Waals surface area (Å²) in [6.45, 7) is 3.67. The van der Waals surface area contributed by atoms with E-state index in [-0.39, 0.29) is 0 Å².